The Bertz CT molecular complexity index is 600. The number of ether oxygens (including phenoxy) is 1. The van der Waals surface area contributed by atoms with E-state index >= 15 is 0 Å². The maximum atomic E-state index is 12.1. The summed E-state index contributed by atoms with van der Waals surface area (Å²) in [6.45, 7) is 1.44. The third-order valence-electron chi connectivity index (χ3n) is 3.35. The molecule has 2 rings (SSSR count). The molecule has 0 saturated carbocycles. The molecule has 1 saturated heterocycles. The quantitative estimate of drug-likeness (QED) is 0.804. The molecular formula is C14H18BrNO4S. The Balaban J connectivity index is 1.97. The second-order valence-electron chi connectivity index (χ2n) is 5.13. The van der Waals surface area contributed by atoms with Crippen LogP contribution in [0.3, 0.4) is 0 Å². The third-order valence-corrected chi connectivity index (χ3v) is 4.82. The molecular weight excluding hydrogens is 358 g/mol. The van der Waals surface area contributed by atoms with E-state index in [1.807, 2.05) is 24.3 Å². The van der Waals surface area contributed by atoms with Crippen molar-refractivity contribution in [3.63, 3.8) is 0 Å². The van der Waals surface area contributed by atoms with Crippen LogP contribution in [0.2, 0.25) is 0 Å². The first kappa shape index (κ1) is 16.5. The molecule has 1 heterocycles. The summed E-state index contributed by atoms with van der Waals surface area (Å²) in [4.78, 5) is 13.8. The van der Waals surface area contributed by atoms with E-state index in [-0.39, 0.29) is 24.2 Å². The van der Waals surface area contributed by atoms with Gasteiger partial charge in [0.05, 0.1) is 18.9 Å². The van der Waals surface area contributed by atoms with Crippen molar-refractivity contribution in [1.82, 2.24) is 4.90 Å². The molecule has 0 bridgehead atoms. The number of carbonyl (C=O) groups excluding carboxylic acids is 1. The van der Waals surface area contributed by atoms with Crippen LogP contribution in [0.25, 0.3) is 0 Å². The van der Waals surface area contributed by atoms with Crippen molar-refractivity contribution < 1.29 is 17.9 Å². The molecule has 1 fully saturated rings. The van der Waals surface area contributed by atoms with Gasteiger partial charge in [-0.3, -0.25) is 4.79 Å². The zero-order valence-electron chi connectivity index (χ0n) is 11.8. The molecule has 21 heavy (non-hydrogen) atoms. The fourth-order valence-corrected chi connectivity index (χ4v) is 3.00. The maximum absolute atomic E-state index is 12.1. The van der Waals surface area contributed by atoms with Gasteiger partial charge in [0.2, 0.25) is 5.91 Å². The Kier molecular flexibility index (Phi) is 5.40. The smallest absolute Gasteiger partial charge is 0.223 e. The van der Waals surface area contributed by atoms with Gasteiger partial charge in [-0.25, -0.2) is 8.42 Å². The van der Waals surface area contributed by atoms with Crippen LogP contribution in [0.5, 0.6) is 0 Å². The van der Waals surface area contributed by atoms with Crippen LogP contribution in [0.1, 0.15) is 18.1 Å². The van der Waals surface area contributed by atoms with Crippen molar-refractivity contribution in [2.45, 2.75) is 12.5 Å². The maximum Gasteiger partial charge on any atom is 0.223 e. The summed E-state index contributed by atoms with van der Waals surface area (Å²) >= 11 is 3.38. The number of carbonyl (C=O) groups is 1. The Morgan fingerprint density at radius 1 is 1.38 bits per heavy atom. The molecule has 1 atom stereocenters. The lowest BCUT2D eigenvalue weighted by atomic mass is 10.1. The molecule has 5 nitrogen and oxygen atoms in total. The Labute approximate surface area is 133 Å². The van der Waals surface area contributed by atoms with Crippen LogP contribution in [0.15, 0.2) is 28.7 Å². The van der Waals surface area contributed by atoms with Gasteiger partial charge in [0.1, 0.15) is 15.9 Å². The Morgan fingerprint density at radius 2 is 2.05 bits per heavy atom. The van der Waals surface area contributed by atoms with Crippen molar-refractivity contribution >= 4 is 31.7 Å². The molecule has 1 aromatic carbocycles. The lowest BCUT2D eigenvalue weighted by Gasteiger charge is -2.33. The molecule has 1 unspecified atom stereocenters. The van der Waals surface area contributed by atoms with E-state index in [1.54, 1.807) is 4.90 Å². The molecule has 1 aliphatic heterocycles. The van der Waals surface area contributed by atoms with Crippen LogP contribution in [0.4, 0.5) is 0 Å². The van der Waals surface area contributed by atoms with Gasteiger partial charge in [-0.05, 0) is 17.7 Å². The molecule has 1 amide bonds. The van der Waals surface area contributed by atoms with Crippen molar-refractivity contribution in [2.75, 3.05) is 31.7 Å². The van der Waals surface area contributed by atoms with Crippen molar-refractivity contribution in [3.8, 4) is 0 Å². The zero-order chi connectivity index (χ0) is 15.5. The normalized spacial score (nSPS) is 19.5. The largest absolute Gasteiger partial charge is 0.370 e. The average Bonchev–Trinajstić information content (AvgIpc) is 2.45. The average molecular weight is 376 g/mol. The van der Waals surface area contributed by atoms with E-state index < -0.39 is 9.84 Å². The summed E-state index contributed by atoms with van der Waals surface area (Å²) < 4.78 is 29.0. The highest BCUT2D eigenvalue weighted by Crippen LogP contribution is 2.24. The van der Waals surface area contributed by atoms with Gasteiger partial charge in [-0.2, -0.15) is 0 Å². The number of hydrogen-bond donors (Lipinski definition) is 0. The molecule has 7 heteroatoms. The minimum atomic E-state index is -3.11. The number of rotatable bonds is 4. The molecule has 0 aromatic heterocycles. The van der Waals surface area contributed by atoms with E-state index in [2.05, 4.69) is 15.9 Å². The molecule has 0 radical (unpaired) electrons. The van der Waals surface area contributed by atoms with Crippen LogP contribution in [0, 0.1) is 0 Å². The topological polar surface area (TPSA) is 63.7 Å². The predicted octanol–water partition coefficient (Wildman–Crippen LogP) is 1.78. The first-order chi connectivity index (χ1) is 9.85. The van der Waals surface area contributed by atoms with Gasteiger partial charge in [0.15, 0.2) is 0 Å². The number of benzene rings is 1. The summed E-state index contributed by atoms with van der Waals surface area (Å²) in [6, 6.07) is 7.78. The number of morpholine rings is 1. The third kappa shape index (κ3) is 5.09. The standard InChI is InChI=1S/C14H18BrNO4S/c1-21(18,19)9-6-14(17)16-7-8-20-13(10-16)11-2-4-12(15)5-3-11/h2-5,13H,6-10H2,1H3. The predicted molar refractivity (Wildman–Crippen MR) is 83.7 cm³/mol. The highest BCUT2D eigenvalue weighted by Gasteiger charge is 2.25. The van der Waals surface area contributed by atoms with Gasteiger partial charge in [-0.15, -0.1) is 0 Å². The second kappa shape index (κ2) is 6.89. The molecule has 116 valence electrons. The fraction of sp³-hybridized carbons (Fsp3) is 0.500. The number of halogens is 1. The highest BCUT2D eigenvalue weighted by atomic mass is 79.9. The molecule has 0 N–H and O–H groups in total. The Hall–Kier alpha value is -0.920. The van der Waals surface area contributed by atoms with Gasteiger partial charge in [0.25, 0.3) is 0 Å². The van der Waals surface area contributed by atoms with Crippen molar-refractivity contribution in [2.24, 2.45) is 0 Å². The summed E-state index contributed by atoms with van der Waals surface area (Å²) in [5.41, 5.74) is 1.01. The molecule has 1 aromatic rings. The Morgan fingerprint density at radius 3 is 2.67 bits per heavy atom. The fourth-order valence-electron chi connectivity index (χ4n) is 2.19. The monoisotopic (exact) mass is 375 g/mol. The minimum Gasteiger partial charge on any atom is -0.370 e. The summed E-state index contributed by atoms with van der Waals surface area (Å²) in [7, 11) is -3.11. The first-order valence-electron chi connectivity index (χ1n) is 6.68. The summed E-state index contributed by atoms with van der Waals surface area (Å²) in [5.74, 6) is -0.239. The van der Waals surface area contributed by atoms with Gasteiger partial charge in [-0.1, -0.05) is 28.1 Å². The van der Waals surface area contributed by atoms with Crippen LogP contribution in [-0.2, 0) is 19.4 Å². The van der Waals surface area contributed by atoms with E-state index in [0.29, 0.717) is 19.7 Å². The number of hydrogen-bond acceptors (Lipinski definition) is 4. The van der Waals surface area contributed by atoms with Crippen molar-refractivity contribution in [1.29, 1.82) is 0 Å². The second-order valence-corrected chi connectivity index (χ2v) is 8.31. The minimum absolute atomic E-state index is 0.0336. The molecule has 1 aliphatic rings. The number of amides is 1. The van der Waals surface area contributed by atoms with E-state index in [4.69, 9.17) is 4.74 Å². The lowest BCUT2D eigenvalue weighted by Crippen LogP contribution is -2.42. The lowest BCUT2D eigenvalue weighted by molar-refractivity contribution is -0.138. The van der Waals surface area contributed by atoms with Crippen LogP contribution >= 0.6 is 15.9 Å². The SMILES string of the molecule is CS(=O)(=O)CCC(=O)N1CCOC(c2ccc(Br)cc2)C1. The van der Waals surface area contributed by atoms with Gasteiger partial charge >= 0.3 is 0 Å². The summed E-state index contributed by atoms with van der Waals surface area (Å²) in [5, 5.41) is 0. The van der Waals surface area contributed by atoms with E-state index in [9.17, 15) is 13.2 Å². The number of sulfone groups is 1. The highest BCUT2D eigenvalue weighted by molar-refractivity contribution is 9.10. The van der Waals surface area contributed by atoms with Crippen molar-refractivity contribution in [3.05, 3.63) is 34.3 Å². The van der Waals surface area contributed by atoms with Gasteiger partial charge < -0.3 is 9.64 Å². The van der Waals surface area contributed by atoms with Gasteiger partial charge in [0, 0.05) is 23.7 Å². The molecule has 0 aliphatic carbocycles. The summed E-state index contributed by atoms with van der Waals surface area (Å²) in [6.07, 6.45) is 1.02. The first-order valence-corrected chi connectivity index (χ1v) is 9.53. The number of nitrogens with zero attached hydrogens (tertiary/aromatic N) is 1. The molecule has 0 spiro atoms. The van der Waals surface area contributed by atoms with E-state index in [0.717, 1.165) is 16.3 Å². The van der Waals surface area contributed by atoms with Crippen LogP contribution in [-0.4, -0.2) is 50.9 Å². The van der Waals surface area contributed by atoms with Crippen LogP contribution < -0.4 is 0 Å². The van der Waals surface area contributed by atoms with E-state index in [1.165, 1.54) is 0 Å². The zero-order valence-corrected chi connectivity index (χ0v) is 14.2.